The van der Waals surface area contributed by atoms with Gasteiger partial charge in [-0.25, -0.2) is 0 Å². The lowest BCUT2D eigenvalue weighted by Gasteiger charge is -2.24. The Bertz CT molecular complexity index is 1220. The van der Waals surface area contributed by atoms with Crippen molar-refractivity contribution in [2.75, 3.05) is 18.5 Å². The van der Waals surface area contributed by atoms with Crippen molar-refractivity contribution in [3.8, 4) is 11.5 Å². The van der Waals surface area contributed by atoms with E-state index in [1.54, 1.807) is 11.3 Å². The number of unbranched alkanes of at least 4 members (excludes halogenated alkanes) is 11. The highest BCUT2D eigenvalue weighted by Gasteiger charge is 2.22. The average molecular weight is 688 g/mol. The van der Waals surface area contributed by atoms with Crippen LogP contribution in [0.5, 0.6) is 11.5 Å². The minimum atomic E-state index is -0.191. The smallest absolute Gasteiger partial charge is 0.262 e. The second-order valence-corrected chi connectivity index (χ2v) is 13.9. The van der Waals surface area contributed by atoms with Gasteiger partial charge in [-0.2, -0.15) is 4.57 Å². The van der Waals surface area contributed by atoms with Crippen molar-refractivity contribution < 1.29 is 35.8 Å². The van der Waals surface area contributed by atoms with Gasteiger partial charge in [-0.3, -0.25) is 4.79 Å². The first kappa shape index (κ1) is 37.8. The molecule has 1 heterocycles. The van der Waals surface area contributed by atoms with E-state index in [0.29, 0.717) is 12.4 Å². The molecule has 0 aliphatic heterocycles. The van der Waals surface area contributed by atoms with E-state index < -0.39 is 0 Å². The number of aromatic nitrogens is 1. The van der Waals surface area contributed by atoms with Crippen LogP contribution >= 0.6 is 11.3 Å². The second-order valence-electron chi connectivity index (χ2n) is 12.8. The molecule has 0 aliphatic rings. The average Bonchev–Trinajstić information content (AvgIpc) is 3.39. The molecule has 0 atom stereocenters. The molecule has 0 radical (unpaired) electrons. The van der Waals surface area contributed by atoms with Gasteiger partial charge < -0.3 is 31.8 Å². The Morgan fingerprint density at radius 1 is 0.841 bits per heavy atom. The van der Waals surface area contributed by atoms with Crippen molar-refractivity contribution in [1.29, 1.82) is 0 Å². The van der Waals surface area contributed by atoms with Gasteiger partial charge >= 0.3 is 0 Å². The normalized spacial score (nSPS) is 11.2. The van der Waals surface area contributed by atoms with Gasteiger partial charge in [0.25, 0.3) is 5.91 Å². The van der Waals surface area contributed by atoms with Crippen LogP contribution in [0.1, 0.15) is 121 Å². The number of benzene rings is 2. The van der Waals surface area contributed by atoms with Crippen LogP contribution in [0.4, 0.5) is 5.69 Å². The minimum Gasteiger partial charge on any atom is -1.00 e. The summed E-state index contributed by atoms with van der Waals surface area (Å²) in [4.78, 5) is 14.1. The fourth-order valence-corrected chi connectivity index (χ4v) is 5.89. The first-order valence-corrected chi connectivity index (χ1v) is 17.4. The Kier molecular flexibility index (Phi) is 17.7. The van der Waals surface area contributed by atoms with Gasteiger partial charge in [-0.15, -0.1) is 0 Å². The summed E-state index contributed by atoms with van der Waals surface area (Å²) in [5.74, 6) is 1.19. The van der Waals surface area contributed by atoms with Crippen LogP contribution in [-0.4, -0.2) is 19.1 Å². The number of nitrogens with one attached hydrogen (secondary N) is 1. The second kappa shape index (κ2) is 20.6. The number of thiazole rings is 1. The molecule has 5 nitrogen and oxygen atoms in total. The molecule has 0 saturated heterocycles. The molecule has 244 valence electrons. The quantitative estimate of drug-likeness (QED) is 0.105. The van der Waals surface area contributed by atoms with Gasteiger partial charge in [-0.05, 0) is 37.0 Å². The molecule has 2 aromatic carbocycles. The number of rotatable bonds is 20. The molecule has 1 aromatic heterocycles. The summed E-state index contributed by atoms with van der Waals surface area (Å²) >= 11 is 1.74. The molecule has 0 saturated carbocycles. The minimum absolute atomic E-state index is 0. The summed E-state index contributed by atoms with van der Waals surface area (Å²) in [5, 5.41) is 2.96. The molecule has 0 spiro atoms. The number of carbonyl (C=O) groups is 1. The summed E-state index contributed by atoms with van der Waals surface area (Å²) in [7, 11) is 0. The van der Waals surface area contributed by atoms with E-state index in [0.717, 1.165) is 30.0 Å². The van der Waals surface area contributed by atoms with Gasteiger partial charge in [0.15, 0.2) is 30.8 Å². The summed E-state index contributed by atoms with van der Waals surface area (Å²) in [6, 6.07) is 14.0. The Hall–Kier alpha value is -2.38. The summed E-state index contributed by atoms with van der Waals surface area (Å²) in [6.07, 6.45) is 17.9. The molecule has 1 amide bonds. The predicted molar refractivity (Wildman–Crippen MR) is 181 cm³/mol. The van der Waals surface area contributed by atoms with Crippen molar-refractivity contribution in [1.82, 2.24) is 0 Å². The molecular weight excluding hydrogens is 632 g/mol. The highest BCUT2D eigenvalue weighted by atomic mass is 79.9. The summed E-state index contributed by atoms with van der Waals surface area (Å²) in [5.41, 5.74) is 5.06. The Morgan fingerprint density at radius 3 is 2.02 bits per heavy atom. The lowest BCUT2D eigenvalue weighted by molar-refractivity contribution is -0.683. The Morgan fingerprint density at radius 2 is 1.45 bits per heavy atom. The third-order valence-electron chi connectivity index (χ3n) is 7.71. The number of carbonyl (C=O) groups excluding carboxylic acids is 1. The largest absolute Gasteiger partial charge is 1.00 e. The first-order valence-electron chi connectivity index (χ1n) is 16.5. The molecule has 44 heavy (non-hydrogen) atoms. The number of anilines is 1. The highest BCUT2D eigenvalue weighted by Crippen LogP contribution is 2.38. The fourth-order valence-electron chi connectivity index (χ4n) is 5.26. The molecular formula is C37H55BrN2O3S. The molecule has 3 aromatic rings. The van der Waals surface area contributed by atoms with Crippen LogP contribution < -0.4 is 36.3 Å². The fraction of sp³-hybridized carbons (Fsp3) is 0.568. The van der Waals surface area contributed by atoms with Crippen molar-refractivity contribution in [3.05, 3.63) is 70.2 Å². The number of aryl methyl sites for hydroxylation is 1. The summed E-state index contributed by atoms with van der Waals surface area (Å²) in [6.45, 7) is 12.3. The maximum absolute atomic E-state index is 12.8. The number of hydrogen-bond acceptors (Lipinski definition) is 4. The van der Waals surface area contributed by atoms with E-state index in [9.17, 15) is 4.79 Å². The van der Waals surface area contributed by atoms with E-state index >= 15 is 0 Å². The lowest BCUT2D eigenvalue weighted by atomic mass is 9.86. The lowest BCUT2D eigenvalue weighted by Crippen LogP contribution is -3.00. The maximum atomic E-state index is 12.8. The number of nitrogens with zero attached hydrogens (tertiary/aromatic N) is 1. The molecule has 7 heteroatoms. The van der Waals surface area contributed by atoms with Crippen LogP contribution in [0.3, 0.4) is 0 Å². The van der Waals surface area contributed by atoms with Crippen LogP contribution in [0.15, 0.2) is 54.2 Å². The van der Waals surface area contributed by atoms with Gasteiger partial charge in [-0.1, -0.05) is 134 Å². The third-order valence-corrected chi connectivity index (χ3v) is 8.57. The standard InChI is InChI=1S/C37H54N2O3S.BrH/c1-6-7-8-9-10-11-12-13-14-15-16-17-25-41-36-33(37(3,4)5)19-18-20-34(36)42-28-35(40)38-32-23-21-31(22-24-32)27-39-26-30(2)43-29-39;/h18-24,26,29H,6-17,25,27-28H2,1-5H3;1H. The zero-order chi connectivity index (χ0) is 30.9. The van der Waals surface area contributed by atoms with E-state index in [2.05, 4.69) is 62.3 Å². The van der Waals surface area contributed by atoms with Gasteiger partial charge in [0, 0.05) is 16.8 Å². The molecule has 0 aliphatic carbocycles. The molecule has 0 bridgehead atoms. The van der Waals surface area contributed by atoms with Crippen LogP contribution in [-0.2, 0) is 16.8 Å². The van der Waals surface area contributed by atoms with Crippen molar-refractivity contribution in [2.45, 2.75) is 124 Å². The van der Waals surface area contributed by atoms with Crippen molar-refractivity contribution in [2.24, 2.45) is 0 Å². The van der Waals surface area contributed by atoms with Crippen LogP contribution in [0.25, 0.3) is 0 Å². The molecule has 1 N–H and O–H groups in total. The number of ether oxygens (including phenoxy) is 2. The zero-order valence-corrected chi connectivity index (χ0v) is 30.2. The van der Waals surface area contributed by atoms with Gasteiger partial charge in [0.2, 0.25) is 5.51 Å². The monoisotopic (exact) mass is 686 g/mol. The number of para-hydroxylation sites is 1. The SMILES string of the molecule is CCCCCCCCCCCCCCOc1c(OCC(=O)Nc2ccc(C[n+]3csc(C)c3)cc2)cccc1C(C)(C)C.[Br-]. The number of halogens is 1. The van der Waals surface area contributed by atoms with Crippen molar-refractivity contribution >= 4 is 22.9 Å². The van der Waals surface area contributed by atoms with E-state index in [4.69, 9.17) is 9.47 Å². The highest BCUT2D eigenvalue weighted by molar-refractivity contribution is 7.09. The molecule has 3 rings (SSSR count). The van der Waals surface area contributed by atoms with Crippen LogP contribution in [0.2, 0.25) is 0 Å². The predicted octanol–water partition coefficient (Wildman–Crippen LogP) is 6.79. The first-order chi connectivity index (χ1) is 20.8. The third kappa shape index (κ3) is 14.2. The molecule has 0 unspecified atom stereocenters. The maximum Gasteiger partial charge on any atom is 0.262 e. The zero-order valence-electron chi connectivity index (χ0n) is 27.8. The van der Waals surface area contributed by atoms with Gasteiger partial charge in [0.1, 0.15) is 0 Å². The number of amides is 1. The van der Waals surface area contributed by atoms with Gasteiger partial charge in [0.05, 0.1) is 11.5 Å². The van der Waals surface area contributed by atoms with E-state index in [1.165, 1.54) is 81.1 Å². The Balaban J connectivity index is 0.00000675. The molecule has 0 fully saturated rings. The Labute approximate surface area is 281 Å². The number of hydrogen-bond donors (Lipinski definition) is 1. The topological polar surface area (TPSA) is 51.4 Å². The van der Waals surface area contributed by atoms with E-state index in [1.807, 2.05) is 36.4 Å². The van der Waals surface area contributed by atoms with Crippen LogP contribution in [0, 0.1) is 6.92 Å². The summed E-state index contributed by atoms with van der Waals surface area (Å²) < 4.78 is 14.6. The van der Waals surface area contributed by atoms with E-state index in [-0.39, 0.29) is 34.9 Å². The van der Waals surface area contributed by atoms with Crippen molar-refractivity contribution in [3.63, 3.8) is 0 Å².